The zero-order chi connectivity index (χ0) is 17.7. The fourth-order valence-corrected chi connectivity index (χ4v) is 2.56. The van der Waals surface area contributed by atoms with E-state index >= 15 is 0 Å². The zero-order valence-electron chi connectivity index (χ0n) is 14.9. The SMILES string of the molecule is Cc1cc(CN2CCN(CC(=O)NC(=O)NC(C)(C)C)CC2)on1. The summed E-state index contributed by atoms with van der Waals surface area (Å²) in [6.07, 6.45) is 0. The van der Waals surface area contributed by atoms with Crippen LogP contribution < -0.4 is 10.6 Å². The minimum Gasteiger partial charge on any atom is -0.360 e. The number of nitrogens with zero attached hydrogens (tertiary/aromatic N) is 3. The molecule has 8 nitrogen and oxygen atoms in total. The average molecular weight is 337 g/mol. The number of aryl methyl sites for hydroxylation is 1. The number of piperazine rings is 1. The molecule has 0 unspecified atom stereocenters. The van der Waals surface area contributed by atoms with E-state index in [2.05, 4.69) is 20.7 Å². The maximum Gasteiger partial charge on any atom is 0.321 e. The summed E-state index contributed by atoms with van der Waals surface area (Å²) in [6.45, 7) is 11.7. The lowest BCUT2D eigenvalue weighted by molar-refractivity contribution is -0.121. The third-order valence-corrected chi connectivity index (χ3v) is 3.63. The third kappa shape index (κ3) is 6.29. The van der Waals surface area contributed by atoms with Crippen molar-refractivity contribution in [3.05, 3.63) is 17.5 Å². The second kappa shape index (κ2) is 7.76. The number of rotatable bonds is 4. The molecule has 0 aromatic carbocycles. The number of carbonyl (C=O) groups excluding carboxylic acids is 2. The molecule has 0 spiro atoms. The van der Waals surface area contributed by atoms with Crippen LogP contribution in [0.4, 0.5) is 4.79 Å². The van der Waals surface area contributed by atoms with E-state index in [0.29, 0.717) is 0 Å². The smallest absolute Gasteiger partial charge is 0.321 e. The first-order chi connectivity index (χ1) is 11.2. The van der Waals surface area contributed by atoms with Crippen LogP contribution in [0.1, 0.15) is 32.2 Å². The van der Waals surface area contributed by atoms with Gasteiger partial charge < -0.3 is 9.84 Å². The molecule has 0 bridgehead atoms. The largest absolute Gasteiger partial charge is 0.360 e. The van der Waals surface area contributed by atoms with Gasteiger partial charge >= 0.3 is 6.03 Å². The summed E-state index contributed by atoms with van der Waals surface area (Å²) in [5.41, 5.74) is 0.517. The lowest BCUT2D eigenvalue weighted by Gasteiger charge is -2.33. The van der Waals surface area contributed by atoms with Crippen molar-refractivity contribution in [2.24, 2.45) is 0 Å². The summed E-state index contributed by atoms with van der Waals surface area (Å²) in [5.74, 6) is 0.577. The van der Waals surface area contributed by atoms with E-state index in [-0.39, 0.29) is 18.0 Å². The quantitative estimate of drug-likeness (QED) is 0.841. The first-order valence-corrected chi connectivity index (χ1v) is 8.20. The van der Waals surface area contributed by atoms with Gasteiger partial charge in [-0.15, -0.1) is 0 Å². The Morgan fingerprint density at radius 2 is 1.83 bits per heavy atom. The van der Waals surface area contributed by atoms with Gasteiger partial charge in [-0.1, -0.05) is 5.16 Å². The molecule has 0 radical (unpaired) electrons. The van der Waals surface area contributed by atoms with E-state index < -0.39 is 6.03 Å². The molecule has 0 atom stereocenters. The Kier molecular flexibility index (Phi) is 5.95. The van der Waals surface area contributed by atoms with E-state index in [1.54, 1.807) is 0 Å². The van der Waals surface area contributed by atoms with Gasteiger partial charge in [-0.25, -0.2) is 4.79 Å². The maximum absolute atomic E-state index is 11.9. The number of nitrogens with one attached hydrogen (secondary N) is 2. The molecule has 1 saturated heterocycles. The van der Waals surface area contributed by atoms with Crippen LogP contribution in [0.25, 0.3) is 0 Å². The number of hydrogen-bond acceptors (Lipinski definition) is 6. The molecule has 0 saturated carbocycles. The van der Waals surface area contributed by atoms with Crippen molar-refractivity contribution >= 4 is 11.9 Å². The van der Waals surface area contributed by atoms with Gasteiger partial charge in [0.05, 0.1) is 18.8 Å². The second-order valence-electron chi connectivity index (χ2n) is 7.24. The predicted octanol–water partition coefficient (Wildman–Crippen LogP) is 0.725. The van der Waals surface area contributed by atoms with Crippen LogP contribution in [0.2, 0.25) is 0 Å². The molecule has 24 heavy (non-hydrogen) atoms. The first kappa shape index (κ1) is 18.4. The van der Waals surface area contributed by atoms with Crippen molar-refractivity contribution in [1.29, 1.82) is 0 Å². The van der Waals surface area contributed by atoms with Gasteiger partial charge in [-0.3, -0.25) is 19.9 Å². The van der Waals surface area contributed by atoms with Gasteiger partial charge in [0.25, 0.3) is 0 Å². The van der Waals surface area contributed by atoms with E-state index in [4.69, 9.17) is 4.52 Å². The molecule has 1 aromatic heterocycles. The van der Waals surface area contributed by atoms with Crippen LogP contribution in [0.15, 0.2) is 10.6 Å². The number of imide groups is 1. The Morgan fingerprint density at radius 3 is 2.38 bits per heavy atom. The van der Waals surface area contributed by atoms with Crippen molar-refractivity contribution in [1.82, 2.24) is 25.6 Å². The Hall–Kier alpha value is -1.93. The molecular weight excluding hydrogens is 310 g/mol. The van der Waals surface area contributed by atoms with Gasteiger partial charge in [0.1, 0.15) is 0 Å². The highest BCUT2D eigenvalue weighted by Crippen LogP contribution is 2.09. The van der Waals surface area contributed by atoms with Crippen molar-refractivity contribution in [3.8, 4) is 0 Å². The Bertz CT molecular complexity index is 571. The Morgan fingerprint density at radius 1 is 1.21 bits per heavy atom. The molecule has 2 heterocycles. The molecule has 1 aromatic rings. The summed E-state index contributed by atoms with van der Waals surface area (Å²) in [4.78, 5) is 27.9. The zero-order valence-corrected chi connectivity index (χ0v) is 14.9. The van der Waals surface area contributed by atoms with Crippen molar-refractivity contribution in [2.45, 2.75) is 39.8 Å². The number of amides is 3. The van der Waals surface area contributed by atoms with Crippen LogP contribution in [0.5, 0.6) is 0 Å². The molecule has 134 valence electrons. The minimum absolute atomic E-state index is 0.229. The highest BCUT2D eigenvalue weighted by Gasteiger charge is 2.21. The average Bonchev–Trinajstić information content (AvgIpc) is 2.84. The predicted molar refractivity (Wildman–Crippen MR) is 89.4 cm³/mol. The molecule has 1 aliphatic heterocycles. The van der Waals surface area contributed by atoms with E-state index in [9.17, 15) is 9.59 Å². The molecule has 8 heteroatoms. The summed E-state index contributed by atoms with van der Waals surface area (Å²) in [7, 11) is 0. The first-order valence-electron chi connectivity index (χ1n) is 8.20. The number of urea groups is 1. The highest BCUT2D eigenvalue weighted by atomic mass is 16.5. The van der Waals surface area contributed by atoms with Crippen LogP contribution in [-0.2, 0) is 11.3 Å². The van der Waals surface area contributed by atoms with Crippen molar-refractivity contribution < 1.29 is 14.1 Å². The van der Waals surface area contributed by atoms with Crippen LogP contribution in [-0.4, -0.2) is 65.2 Å². The lowest BCUT2D eigenvalue weighted by Crippen LogP contribution is -2.52. The summed E-state index contributed by atoms with van der Waals surface area (Å²) < 4.78 is 5.23. The molecule has 3 amide bonds. The normalized spacial score (nSPS) is 16.8. The van der Waals surface area contributed by atoms with Gasteiger partial charge in [0.15, 0.2) is 5.76 Å². The van der Waals surface area contributed by atoms with Crippen molar-refractivity contribution in [3.63, 3.8) is 0 Å². The van der Waals surface area contributed by atoms with E-state index in [1.165, 1.54) is 0 Å². The van der Waals surface area contributed by atoms with Gasteiger partial charge in [0.2, 0.25) is 5.91 Å². The number of hydrogen-bond donors (Lipinski definition) is 2. The fourth-order valence-electron chi connectivity index (χ4n) is 2.56. The molecule has 2 rings (SSSR count). The third-order valence-electron chi connectivity index (χ3n) is 3.63. The maximum atomic E-state index is 11.9. The summed E-state index contributed by atoms with van der Waals surface area (Å²) >= 11 is 0. The molecule has 1 fully saturated rings. The van der Waals surface area contributed by atoms with E-state index in [0.717, 1.165) is 44.2 Å². The topological polar surface area (TPSA) is 90.7 Å². The van der Waals surface area contributed by atoms with Crippen LogP contribution >= 0.6 is 0 Å². The standard InChI is InChI=1S/C16H27N5O3/c1-12-9-13(24-19-12)10-20-5-7-21(8-6-20)11-14(22)17-15(23)18-16(2,3)4/h9H,5-8,10-11H2,1-4H3,(H2,17,18,22,23). The highest BCUT2D eigenvalue weighted by molar-refractivity contribution is 5.95. The summed E-state index contributed by atoms with van der Waals surface area (Å²) in [5, 5.41) is 8.97. The fraction of sp³-hybridized carbons (Fsp3) is 0.688. The number of aromatic nitrogens is 1. The van der Waals surface area contributed by atoms with Gasteiger partial charge in [-0.2, -0.15) is 0 Å². The van der Waals surface area contributed by atoms with Gasteiger partial charge in [-0.05, 0) is 27.7 Å². The minimum atomic E-state index is -0.452. The van der Waals surface area contributed by atoms with E-state index in [1.807, 2.05) is 38.7 Å². The lowest BCUT2D eigenvalue weighted by atomic mass is 10.1. The summed E-state index contributed by atoms with van der Waals surface area (Å²) in [6, 6.07) is 1.49. The Balaban J connectivity index is 1.68. The van der Waals surface area contributed by atoms with Gasteiger partial charge in [0, 0.05) is 37.8 Å². The van der Waals surface area contributed by atoms with Crippen LogP contribution in [0.3, 0.4) is 0 Å². The Labute approximate surface area is 142 Å². The molecule has 2 N–H and O–H groups in total. The van der Waals surface area contributed by atoms with Crippen molar-refractivity contribution in [2.75, 3.05) is 32.7 Å². The molecule has 1 aliphatic rings. The molecule has 0 aliphatic carbocycles. The second-order valence-corrected chi connectivity index (χ2v) is 7.24. The van der Waals surface area contributed by atoms with Crippen LogP contribution in [0, 0.1) is 6.92 Å². The molecular formula is C16H27N5O3. The monoisotopic (exact) mass is 337 g/mol. The number of carbonyl (C=O) groups is 2.